The topological polar surface area (TPSA) is 94.2 Å². The average molecular weight is 359 g/mol. The van der Waals surface area contributed by atoms with Gasteiger partial charge >= 0.3 is 6.09 Å². The fourth-order valence-corrected chi connectivity index (χ4v) is 2.09. The molecule has 0 unspecified atom stereocenters. The SMILES string of the molecule is CN(C(=O)OCc1ccccc1CO/N=C/C(N)=O)c1ccccc1F. The number of anilines is 1. The summed E-state index contributed by atoms with van der Waals surface area (Å²) >= 11 is 0. The third-order valence-corrected chi connectivity index (χ3v) is 3.43. The summed E-state index contributed by atoms with van der Waals surface area (Å²) in [5.74, 6) is -1.24. The van der Waals surface area contributed by atoms with Crippen LogP contribution in [0.2, 0.25) is 0 Å². The van der Waals surface area contributed by atoms with Crippen LogP contribution in [0.25, 0.3) is 0 Å². The quantitative estimate of drug-likeness (QED) is 0.607. The number of para-hydroxylation sites is 1. The number of oxime groups is 1. The molecule has 8 heteroatoms. The van der Waals surface area contributed by atoms with Gasteiger partial charge in [-0.3, -0.25) is 9.69 Å². The average Bonchev–Trinajstić information content (AvgIpc) is 2.63. The first-order chi connectivity index (χ1) is 12.5. The lowest BCUT2D eigenvalue weighted by Gasteiger charge is -2.18. The van der Waals surface area contributed by atoms with Crippen molar-refractivity contribution in [3.05, 3.63) is 65.5 Å². The van der Waals surface area contributed by atoms with Gasteiger partial charge in [-0.2, -0.15) is 0 Å². The first kappa shape index (κ1) is 18.9. The highest BCUT2D eigenvalue weighted by Crippen LogP contribution is 2.19. The van der Waals surface area contributed by atoms with E-state index in [-0.39, 0.29) is 18.9 Å². The number of carbonyl (C=O) groups is 2. The van der Waals surface area contributed by atoms with Crippen LogP contribution in [0.1, 0.15) is 11.1 Å². The van der Waals surface area contributed by atoms with Gasteiger partial charge in [0, 0.05) is 7.05 Å². The molecule has 2 amide bonds. The predicted molar refractivity (Wildman–Crippen MR) is 93.9 cm³/mol. The fourth-order valence-electron chi connectivity index (χ4n) is 2.09. The number of nitrogens with zero attached hydrogens (tertiary/aromatic N) is 2. The molecule has 0 atom stereocenters. The molecule has 0 spiro atoms. The summed E-state index contributed by atoms with van der Waals surface area (Å²) < 4.78 is 19.0. The van der Waals surface area contributed by atoms with Gasteiger partial charge in [0.25, 0.3) is 5.91 Å². The van der Waals surface area contributed by atoms with E-state index in [9.17, 15) is 14.0 Å². The molecule has 0 fully saturated rings. The van der Waals surface area contributed by atoms with Gasteiger partial charge in [-0.15, -0.1) is 0 Å². The van der Waals surface area contributed by atoms with Crippen LogP contribution < -0.4 is 10.6 Å². The van der Waals surface area contributed by atoms with E-state index in [0.717, 1.165) is 16.7 Å². The molecule has 0 bridgehead atoms. The third kappa shape index (κ3) is 5.30. The van der Waals surface area contributed by atoms with Crippen LogP contribution in [0, 0.1) is 5.82 Å². The van der Waals surface area contributed by atoms with Gasteiger partial charge in [0.2, 0.25) is 0 Å². The van der Waals surface area contributed by atoms with Crippen LogP contribution in [0.5, 0.6) is 0 Å². The molecule has 2 aromatic carbocycles. The molecular weight excluding hydrogens is 341 g/mol. The summed E-state index contributed by atoms with van der Waals surface area (Å²) in [5, 5.41) is 3.42. The summed E-state index contributed by atoms with van der Waals surface area (Å²) in [6, 6.07) is 13.0. The van der Waals surface area contributed by atoms with Crippen molar-refractivity contribution in [2.45, 2.75) is 13.2 Å². The number of ether oxygens (including phenoxy) is 1. The summed E-state index contributed by atoms with van der Waals surface area (Å²) in [6.45, 7) is 0.0390. The van der Waals surface area contributed by atoms with Crippen molar-refractivity contribution in [3.63, 3.8) is 0 Å². The van der Waals surface area contributed by atoms with Crippen molar-refractivity contribution < 1.29 is 23.6 Å². The predicted octanol–water partition coefficient (Wildman–Crippen LogP) is 2.59. The molecule has 2 rings (SSSR count). The molecule has 2 aromatic rings. The minimum atomic E-state index is -0.719. The van der Waals surface area contributed by atoms with Crippen LogP contribution in [0.15, 0.2) is 53.7 Å². The summed E-state index contributed by atoms with van der Waals surface area (Å²) in [7, 11) is 1.42. The molecule has 7 nitrogen and oxygen atoms in total. The Bertz CT molecular complexity index is 811. The number of hydrogen-bond donors (Lipinski definition) is 1. The highest BCUT2D eigenvalue weighted by atomic mass is 19.1. The zero-order valence-electron chi connectivity index (χ0n) is 14.1. The lowest BCUT2D eigenvalue weighted by atomic mass is 10.1. The summed E-state index contributed by atoms with van der Waals surface area (Å²) in [6.07, 6.45) is 0.156. The second-order valence-electron chi connectivity index (χ2n) is 5.24. The monoisotopic (exact) mass is 359 g/mol. The van der Waals surface area contributed by atoms with Crippen molar-refractivity contribution in [2.24, 2.45) is 10.9 Å². The van der Waals surface area contributed by atoms with E-state index in [1.54, 1.807) is 30.3 Å². The fraction of sp³-hybridized carbons (Fsp3) is 0.167. The minimum Gasteiger partial charge on any atom is -0.444 e. The molecule has 0 aliphatic rings. The number of nitrogens with two attached hydrogens (primary N) is 1. The van der Waals surface area contributed by atoms with Crippen LogP contribution in [0.3, 0.4) is 0 Å². The van der Waals surface area contributed by atoms with E-state index >= 15 is 0 Å². The number of halogens is 1. The number of carbonyl (C=O) groups excluding carboxylic acids is 2. The molecule has 0 aliphatic carbocycles. The third-order valence-electron chi connectivity index (χ3n) is 3.43. The lowest BCUT2D eigenvalue weighted by Crippen LogP contribution is -2.27. The van der Waals surface area contributed by atoms with Gasteiger partial charge in [-0.05, 0) is 23.3 Å². The summed E-state index contributed by atoms with van der Waals surface area (Å²) in [5.41, 5.74) is 6.44. The van der Waals surface area contributed by atoms with Crippen LogP contribution in [-0.2, 0) is 27.6 Å². The second kappa shape index (κ2) is 9.16. The Balaban J connectivity index is 1.97. The maximum absolute atomic E-state index is 13.7. The number of rotatable bonds is 7. The normalized spacial score (nSPS) is 10.5. The van der Waals surface area contributed by atoms with Gasteiger partial charge in [0.15, 0.2) is 0 Å². The standard InChI is InChI=1S/C18H18FN3O4/c1-22(16-9-5-4-8-15(16)19)18(24)25-11-13-6-2-3-7-14(13)12-26-21-10-17(20)23/h2-10H,11-12H2,1H3,(H2,20,23)/b21-10+. The Labute approximate surface area is 149 Å². The van der Waals surface area contributed by atoms with Gasteiger partial charge in [-0.1, -0.05) is 41.6 Å². The largest absolute Gasteiger partial charge is 0.444 e. The maximum Gasteiger partial charge on any atom is 0.414 e. The van der Waals surface area contributed by atoms with Gasteiger partial charge < -0.3 is 15.3 Å². The molecular formula is C18H18FN3O4. The van der Waals surface area contributed by atoms with E-state index in [1.807, 2.05) is 0 Å². The highest BCUT2D eigenvalue weighted by Gasteiger charge is 2.16. The van der Waals surface area contributed by atoms with E-state index in [0.29, 0.717) is 5.56 Å². The molecule has 2 N–H and O–H groups in total. The number of primary amides is 1. The first-order valence-electron chi connectivity index (χ1n) is 7.65. The van der Waals surface area contributed by atoms with Crippen molar-refractivity contribution in [3.8, 4) is 0 Å². The van der Waals surface area contributed by atoms with E-state index in [2.05, 4.69) is 5.16 Å². The molecule has 0 saturated carbocycles. The van der Waals surface area contributed by atoms with Crippen LogP contribution >= 0.6 is 0 Å². The number of amides is 2. The Kier molecular flexibility index (Phi) is 6.67. The van der Waals surface area contributed by atoms with Crippen LogP contribution in [-0.4, -0.2) is 25.3 Å². The molecule has 0 radical (unpaired) electrons. The zero-order chi connectivity index (χ0) is 18.9. The van der Waals surface area contributed by atoms with Crippen molar-refractivity contribution in [1.29, 1.82) is 0 Å². The van der Waals surface area contributed by atoms with Gasteiger partial charge in [0.1, 0.15) is 25.2 Å². The molecule has 26 heavy (non-hydrogen) atoms. The van der Waals surface area contributed by atoms with E-state index in [4.69, 9.17) is 15.3 Å². The molecule has 0 heterocycles. The number of benzene rings is 2. The molecule has 0 saturated heterocycles. The Morgan fingerprint density at radius 3 is 2.38 bits per heavy atom. The van der Waals surface area contributed by atoms with Crippen molar-refractivity contribution in [1.82, 2.24) is 0 Å². The Morgan fingerprint density at radius 1 is 1.12 bits per heavy atom. The second-order valence-corrected chi connectivity index (χ2v) is 5.24. The molecule has 0 aliphatic heterocycles. The van der Waals surface area contributed by atoms with Gasteiger partial charge in [0.05, 0.1) is 5.69 Å². The zero-order valence-corrected chi connectivity index (χ0v) is 14.1. The first-order valence-corrected chi connectivity index (χ1v) is 7.65. The highest BCUT2D eigenvalue weighted by molar-refractivity contribution is 6.25. The smallest absolute Gasteiger partial charge is 0.414 e. The summed E-state index contributed by atoms with van der Waals surface area (Å²) in [4.78, 5) is 28.8. The van der Waals surface area contributed by atoms with Gasteiger partial charge in [-0.25, -0.2) is 9.18 Å². The lowest BCUT2D eigenvalue weighted by molar-refractivity contribution is -0.111. The van der Waals surface area contributed by atoms with E-state index < -0.39 is 17.8 Å². The van der Waals surface area contributed by atoms with Crippen molar-refractivity contribution >= 4 is 23.9 Å². The Hall–Kier alpha value is -3.42. The van der Waals surface area contributed by atoms with Crippen molar-refractivity contribution in [2.75, 3.05) is 11.9 Å². The Morgan fingerprint density at radius 2 is 1.73 bits per heavy atom. The number of hydrogen-bond acceptors (Lipinski definition) is 5. The van der Waals surface area contributed by atoms with Crippen LogP contribution in [0.4, 0.5) is 14.9 Å². The maximum atomic E-state index is 13.7. The molecule has 0 aromatic heterocycles. The minimum absolute atomic E-state index is 0.0311. The molecule has 136 valence electrons. The van der Waals surface area contributed by atoms with E-state index in [1.165, 1.54) is 25.2 Å².